The van der Waals surface area contributed by atoms with E-state index in [4.69, 9.17) is 0 Å². The van der Waals surface area contributed by atoms with Gasteiger partial charge in [0.15, 0.2) is 0 Å². The summed E-state index contributed by atoms with van der Waals surface area (Å²) >= 11 is 0. The normalized spacial score (nSPS) is 16.2. The largest absolute Gasteiger partial charge is 4.00 e. The Bertz CT molecular complexity index is 374. The first-order valence-corrected chi connectivity index (χ1v) is 8.78. The third kappa shape index (κ3) is 13.7. The minimum absolute atomic E-state index is 0. The van der Waals surface area contributed by atoms with E-state index in [1.807, 2.05) is 76.3 Å². The van der Waals surface area contributed by atoms with Gasteiger partial charge in [0.05, 0.1) is 0 Å². The standard InChI is InChI=1S/C14H18.2C5H5.Zr/c1-3-5-10-13(9-4-2)14-11-7-6-8-12-14;2*1-2-4-5-3-1;/h6-8,11H,3-5,9H2,1-2H3;2*1-5H;/q-2;;;+4. The molecule has 0 N–H and O–H groups in total. The van der Waals surface area contributed by atoms with E-state index in [0.717, 1.165) is 12.8 Å². The minimum atomic E-state index is 0. The monoisotopic (exact) mass is 406 g/mol. The maximum absolute atomic E-state index is 3.47. The predicted molar refractivity (Wildman–Crippen MR) is 105 cm³/mol. The summed E-state index contributed by atoms with van der Waals surface area (Å²) in [4.78, 5) is 0. The molecule has 0 heterocycles. The van der Waals surface area contributed by atoms with Gasteiger partial charge >= 0.3 is 26.2 Å². The van der Waals surface area contributed by atoms with Gasteiger partial charge in [0.2, 0.25) is 0 Å². The van der Waals surface area contributed by atoms with Crippen LogP contribution in [0.1, 0.15) is 45.1 Å². The predicted octanol–water partition coefficient (Wildman–Crippen LogP) is 6.31. The van der Waals surface area contributed by atoms with Crippen LogP contribution in [0.3, 0.4) is 0 Å². The molecule has 126 valence electrons. The number of allylic oxidation sites excluding steroid dienone is 2. The summed E-state index contributed by atoms with van der Waals surface area (Å²) in [6.45, 7) is 4.39. The van der Waals surface area contributed by atoms with Gasteiger partial charge in [-0.3, -0.25) is 5.57 Å². The Labute approximate surface area is 177 Å². The van der Waals surface area contributed by atoms with E-state index < -0.39 is 0 Å². The van der Waals surface area contributed by atoms with Crippen molar-refractivity contribution in [3.05, 3.63) is 106 Å². The molecule has 2 aliphatic carbocycles. The van der Waals surface area contributed by atoms with Crippen LogP contribution in [0.5, 0.6) is 0 Å². The topological polar surface area (TPSA) is 0 Å². The van der Waals surface area contributed by atoms with E-state index in [1.165, 1.54) is 24.0 Å². The molecule has 0 spiro atoms. The third-order valence-corrected chi connectivity index (χ3v) is 3.23. The third-order valence-electron chi connectivity index (χ3n) is 3.23. The number of benzene rings is 1. The van der Waals surface area contributed by atoms with Crippen LogP contribution in [-0.4, -0.2) is 0 Å². The van der Waals surface area contributed by atoms with E-state index in [9.17, 15) is 0 Å². The maximum atomic E-state index is 3.47. The van der Waals surface area contributed by atoms with Crippen molar-refractivity contribution < 1.29 is 26.2 Å². The fourth-order valence-corrected chi connectivity index (χ4v) is 2.07. The molecule has 25 heavy (non-hydrogen) atoms. The van der Waals surface area contributed by atoms with Gasteiger partial charge in [-0.1, -0.05) is 33.1 Å². The second kappa shape index (κ2) is 18.6. The van der Waals surface area contributed by atoms with Crippen molar-refractivity contribution in [3.63, 3.8) is 0 Å². The van der Waals surface area contributed by atoms with Crippen molar-refractivity contribution in [2.24, 2.45) is 0 Å². The smallest absolute Gasteiger partial charge is 0.323 e. The quantitative estimate of drug-likeness (QED) is 0.501. The van der Waals surface area contributed by atoms with Crippen LogP contribution in [0.2, 0.25) is 0 Å². The molecule has 0 unspecified atom stereocenters. The Morgan fingerprint density at radius 3 is 1.68 bits per heavy atom. The van der Waals surface area contributed by atoms with Crippen LogP contribution in [0.15, 0.2) is 24.3 Å². The van der Waals surface area contributed by atoms with E-state index >= 15 is 0 Å². The molecular formula is C24H28Zr+2. The van der Waals surface area contributed by atoms with Crippen LogP contribution in [0.4, 0.5) is 0 Å². The first-order chi connectivity index (χ1) is 11.9. The fraction of sp³-hybridized carbons (Fsp3) is 0.250. The van der Waals surface area contributed by atoms with Gasteiger partial charge in [-0.05, 0) is 64.2 Å². The number of hydrogen-bond donors (Lipinski definition) is 0. The minimum Gasteiger partial charge on any atom is -0.323 e. The van der Waals surface area contributed by atoms with Crippen molar-refractivity contribution in [2.45, 2.75) is 39.5 Å². The van der Waals surface area contributed by atoms with Gasteiger partial charge in [-0.15, -0.1) is 12.5 Å². The number of rotatable bonds is 5. The molecule has 0 atom stereocenters. The van der Waals surface area contributed by atoms with Crippen LogP contribution < -0.4 is 0 Å². The average Bonchev–Trinajstić information content (AvgIpc) is 3.38. The molecule has 0 nitrogen and oxygen atoms in total. The molecule has 2 fully saturated rings. The van der Waals surface area contributed by atoms with Gasteiger partial charge in [-0.25, -0.2) is 12.1 Å². The van der Waals surface area contributed by atoms with E-state index in [2.05, 4.69) is 38.1 Å². The number of unbranched alkanes of at least 4 members (excludes halogenated alkanes) is 1. The zero-order valence-electron chi connectivity index (χ0n) is 15.4. The molecule has 0 bridgehead atoms. The van der Waals surface area contributed by atoms with Crippen LogP contribution in [-0.2, 0) is 26.2 Å². The summed E-state index contributed by atoms with van der Waals surface area (Å²) in [6.07, 6.45) is 28.0. The van der Waals surface area contributed by atoms with Gasteiger partial charge in [0.25, 0.3) is 0 Å². The molecule has 1 aromatic rings. The summed E-state index contributed by atoms with van der Waals surface area (Å²) in [5.74, 6) is 0. The van der Waals surface area contributed by atoms with E-state index in [0.29, 0.717) is 0 Å². The second-order valence-corrected chi connectivity index (χ2v) is 5.36. The summed E-state index contributed by atoms with van der Waals surface area (Å²) in [7, 11) is 0. The van der Waals surface area contributed by atoms with Crippen molar-refractivity contribution in [2.75, 3.05) is 0 Å². The second-order valence-electron chi connectivity index (χ2n) is 5.36. The average molecular weight is 408 g/mol. The first kappa shape index (κ1) is 24.8. The molecule has 10 radical (unpaired) electrons. The van der Waals surface area contributed by atoms with Crippen LogP contribution in [0.25, 0.3) is 5.57 Å². The first-order valence-electron chi connectivity index (χ1n) is 8.78. The van der Waals surface area contributed by atoms with Gasteiger partial charge in [0.1, 0.15) is 0 Å². The van der Waals surface area contributed by atoms with Crippen molar-refractivity contribution in [1.82, 2.24) is 0 Å². The van der Waals surface area contributed by atoms with Gasteiger partial charge < -0.3 is 11.6 Å². The van der Waals surface area contributed by atoms with Crippen molar-refractivity contribution in [3.8, 4) is 0 Å². The van der Waals surface area contributed by atoms with Gasteiger partial charge in [-0.2, -0.15) is 12.1 Å². The Balaban J connectivity index is 0.000000425. The number of hydrogen-bond acceptors (Lipinski definition) is 0. The zero-order chi connectivity index (χ0) is 17.3. The Hall–Kier alpha value is -0.157. The summed E-state index contributed by atoms with van der Waals surface area (Å²) in [5, 5.41) is 0. The molecule has 1 heteroatoms. The molecule has 1 aromatic carbocycles. The molecular weight excluding hydrogens is 379 g/mol. The summed E-state index contributed by atoms with van der Waals surface area (Å²) in [5.41, 5.74) is 2.54. The molecule has 3 rings (SSSR count). The fourth-order valence-electron chi connectivity index (χ4n) is 2.07. The van der Waals surface area contributed by atoms with Crippen LogP contribution in [0, 0.1) is 76.4 Å². The Morgan fingerprint density at radius 1 is 0.800 bits per heavy atom. The van der Waals surface area contributed by atoms with Crippen molar-refractivity contribution >= 4 is 5.57 Å². The molecule has 0 aliphatic heterocycles. The Kier molecular flexibility index (Phi) is 18.5. The Morgan fingerprint density at radius 2 is 1.32 bits per heavy atom. The van der Waals surface area contributed by atoms with Crippen molar-refractivity contribution in [1.29, 1.82) is 0 Å². The SMILES string of the molecule is CCC[C-]=C(CCC)c1[c-]cccc1.[CH]1[CH][CH][CH][CH]1.[CH]1[CH][CH][CH][CH]1.[Zr+4]. The summed E-state index contributed by atoms with van der Waals surface area (Å²) < 4.78 is 0. The van der Waals surface area contributed by atoms with Gasteiger partial charge in [0, 0.05) is 0 Å². The molecule has 0 saturated heterocycles. The molecule has 2 aliphatic rings. The maximum Gasteiger partial charge on any atom is 4.00 e. The summed E-state index contributed by atoms with van der Waals surface area (Å²) in [6, 6.07) is 11.4. The molecule has 0 amide bonds. The van der Waals surface area contributed by atoms with Crippen LogP contribution >= 0.6 is 0 Å². The zero-order valence-corrected chi connectivity index (χ0v) is 17.9. The van der Waals surface area contributed by atoms with E-state index in [-0.39, 0.29) is 26.2 Å². The molecule has 2 saturated carbocycles. The molecule has 0 aromatic heterocycles. The van der Waals surface area contributed by atoms with E-state index in [1.54, 1.807) is 0 Å².